The maximum absolute atomic E-state index is 2.47. The van der Waals surface area contributed by atoms with Gasteiger partial charge in [0, 0.05) is 0 Å². The Morgan fingerprint density at radius 2 is 1.31 bits per heavy atom. The van der Waals surface area contributed by atoms with Gasteiger partial charge in [-0.15, -0.1) is 0 Å². The van der Waals surface area contributed by atoms with Crippen LogP contribution in [0.3, 0.4) is 0 Å². The lowest BCUT2D eigenvalue weighted by Crippen LogP contribution is -2.42. The molecular weight excluding hydrogens is 156 g/mol. The molecule has 0 aromatic carbocycles. The summed E-state index contributed by atoms with van der Waals surface area (Å²) in [5, 5.41) is 0. The van der Waals surface area contributed by atoms with Crippen molar-refractivity contribution in [2.24, 2.45) is 22.7 Å². The van der Waals surface area contributed by atoms with Crippen LogP contribution in [0.5, 0.6) is 0 Å². The van der Waals surface area contributed by atoms with Gasteiger partial charge >= 0.3 is 0 Å². The van der Waals surface area contributed by atoms with Gasteiger partial charge in [0.05, 0.1) is 0 Å². The standard InChI is InChI=1S/C13H26/c1-10(2)13(11(3)4)9-7-8-12(13,5)6/h10-11H,7-9H2,1-6H3. The smallest absolute Gasteiger partial charge is 0.0200 e. The minimum absolute atomic E-state index is 0.551. The summed E-state index contributed by atoms with van der Waals surface area (Å²) in [4.78, 5) is 0. The lowest BCUT2D eigenvalue weighted by molar-refractivity contribution is 0.000150. The van der Waals surface area contributed by atoms with Crippen molar-refractivity contribution in [1.82, 2.24) is 0 Å². The Labute approximate surface area is 84.1 Å². The number of rotatable bonds is 2. The average molecular weight is 182 g/mol. The molecule has 0 aromatic heterocycles. The maximum atomic E-state index is 2.47. The third kappa shape index (κ3) is 1.43. The van der Waals surface area contributed by atoms with E-state index in [1.54, 1.807) is 0 Å². The number of hydrogen-bond acceptors (Lipinski definition) is 0. The van der Waals surface area contributed by atoms with Gasteiger partial charge in [0.2, 0.25) is 0 Å². The first-order valence-corrected chi connectivity index (χ1v) is 5.84. The van der Waals surface area contributed by atoms with Crippen LogP contribution in [-0.2, 0) is 0 Å². The molecule has 0 atom stereocenters. The zero-order valence-corrected chi connectivity index (χ0v) is 10.3. The summed E-state index contributed by atoms with van der Waals surface area (Å²) in [5.74, 6) is 1.65. The Morgan fingerprint density at radius 3 is 1.46 bits per heavy atom. The summed E-state index contributed by atoms with van der Waals surface area (Å²) in [6, 6.07) is 0. The second kappa shape index (κ2) is 3.29. The van der Waals surface area contributed by atoms with E-state index in [1.807, 2.05) is 0 Å². The van der Waals surface area contributed by atoms with Crippen LogP contribution in [0.2, 0.25) is 0 Å². The predicted molar refractivity (Wildman–Crippen MR) is 59.7 cm³/mol. The molecule has 78 valence electrons. The van der Waals surface area contributed by atoms with Crippen molar-refractivity contribution in [3.05, 3.63) is 0 Å². The minimum Gasteiger partial charge on any atom is -0.0622 e. The lowest BCUT2D eigenvalue weighted by atomic mass is 9.56. The van der Waals surface area contributed by atoms with Crippen LogP contribution in [0.15, 0.2) is 0 Å². The van der Waals surface area contributed by atoms with E-state index in [2.05, 4.69) is 41.5 Å². The molecule has 0 radical (unpaired) electrons. The van der Waals surface area contributed by atoms with Gasteiger partial charge in [0.15, 0.2) is 0 Å². The van der Waals surface area contributed by atoms with Gasteiger partial charge in [-0.3, -0.25) is 0 Å². The van der Waals surface area contributed by atoms with Crippen molar-refractivity contribution in [1.29, 1.82) is 0 Å². The van der Waals surface area contributed by atoms with E-state index < -0.39 is 0 Å². The highest BCUT2D eigenvalue weighted by atomic mass is 14.6. The Hall–Kier alpha value is 0. The zero-order chi connectivity index (χ0) is 10.3. The highest BCUT2D eigenvalue weighted by molar-refractivity contribution is 5.01. The molecule has 0 spiro atoms. The van der Waals surface area contributed by atoms with Crippen LogP contribution in [0.25, 0.3) is 0 Å². The highest BCUT2D eigenvalue weighted by Gasteiger charge is 2.51. The molecule has 0 heterocycles. The summed E-state index contributed by atoms with van der Waals surface area (Å²) >= 11 is 0. The minimum atomic E-state index is 0.551. The molecule has 13 heavy (non-hydrogen) atoms. The topological polar surface area (TPSA) is 0 Å². The second-order valence-corrected chi connectivity index (χ2v) is 6.09. The Bertz CT molecular complexity index is 166. The Balaban J connectivity index is 3.03. The van der Waals surface area contributed by atoms with Crippen molar-refractivity contribution in [2.45, 2.75) is 60.8 Å². The van der Waals surface area contributed by atoms with Crippen LogP contribution in [0.4, 0.5) is 0 Å². The molecule has 0 bridgehead atoms. The van der Waals surface area contributed by atoms with Gasteiger partial charge in [0.25, 0.3) is 0 Å². The molecule has 0 amide bonds. The Kier molecular flexibility index (Phi) is 2.81. The highest BCUT2D eigenvalue weighted by Crippen LogP contribution is 2.60. The van der Waals surface area contributed by atoms with Crippen LogP contribution in [-0.4, -0.2) is 0 Å². The van der Waals surface area contributed by atoms with Crippen LogP contribution in [0, 0.1) is 22.7 Å². The zero-order valence-electron chi connectivity index (χ0n) is 10.3. The predicted octanol–water partition coefficient (Wildman–Crippen LogP) is 4.49. The summed E-state index contributed by atoms with van der Waals surface area (Å²) in [7, 11) is 0. The molecule has 0 N–H and O–H groups in total. The van der Waals surface area contributed by atoms with E-state index in [-0.39, 0.29) is 0 Å². The monoisotopic (exact) mass is 182 g/mol. The number of hydrogen-bond donors (Lipinski definition) is 0. The normalized spacial score (nSPS) is 25.8. The molecule has 1 saturated carbocycles. The Morgan fingerprint density at radius 1 is 0.846 bits per heavy atom. The van der Waals surface area contributed by atoms with Gasteiger partial charge in [-0.1, -0.05) is 48.0 Å². The first-order chi connectivity index (χ1) is 5.84. The van der Waals surface area contributed by atoms with Gasteiger partial charge in [-0.2, -0.15) is 0 Å². The van der Waals surface area contributed by atoms with Gasteiger partial charge in [-0.05, 0) is 35.5 Å². The van der Waals surface area contributed by atoms with E-state index in [1.165, 1.54) is 19.3 Å². The van der Waals surface area contributed by atoms with Gasteiger partial charge in [-0.25, -0.2) is 0 Å². The van der Waals surface area contributed by atoms with Crippen molar-refractivity contribution in [3.63, 3.8) is 0 Å². The molecule has 0 aromatic rings. The molecule has 1 aliphatic rings. The molecule has 0 nitrogen and oxygen atoms in total. The molecule has 0 saturated heterocycles. The quantitative estimate of drug-likeness (QED) is 0.590. The van der Waals surface area contributed by atoms with Crippen LogP contribution in [0.1, 0.15) is 60.8 Å². The summed E-state index contributed by atoms with van der Waals surface area (Å²) < 4.78 is 0. The van der Waals surface area contributed by atoms with Gasteiger partial charge < -0.3 is 0 Å². The van der Waals surface area contributed by atoms with Crippen molar-refractivity contribution < 1.29 is 0 Å². The fourth-order valence-corrected chi connectivity index (χ4v) is 4.20. The van der Waals surface area contributed by atoms with Crippen LogP contribution < -0.4 is 0 Å². The van der Waals surface area contributed by atoms with Gasteiger partial charge in [0.1, 0.15) is 0 Å². The molecule has 1 aliphatic carbocycles. The van der Waals surface area contributed by atoms with E-state index in [0.717, 1.165) is 11.8 Å². The molecule has 1 fully saturated rings. The fraction of sp³-hybridized carbons (Fsp3) is 1.00. The first kappa shape index (κ1) is 11.1. The molecule has 1 rings (SSSR count). The van der Waals surface area contributed by atoms with E-state index in [4.69, 9.17) is 0 Å². The molecule has 0 unspecified atom stereocenters. The average Bonchev–Trinajstić information content (AvgIpc) is 2.25. The van der Waals surface area contributed by atoms with Crippen molar-refractivity contribution in [2.75, 3.05) is 0 Å². The first-order valence-electron chi connectivity index (χ1n) is 5.84. The summed E-state index contributed by atoms with van der Waals surface area (Å²) in [6.45, 7) is 14.6. The van der Waals surface area contributed by atoms with Crippen molar-refractivity contribution in [3.8, 4) is 0 Å². The van der Waals surface area contributed by atoms with E-state index >= 15 is 0 Å². The van der Waals surface area contributed by atoms with E-state index in [9.17, 15) is 0 Å². The lowest BCUT2D eigenvalue weighted by Gasteiger charge is -2.48. The van der Waals surface area contributed by atoms with Crippen molar-refractivity contribution >= 4 is 0 Å². The fourth-order valence-electron chi connectivity index (χ4n) is 4.20. The second-order valence-electron chi connectivity index (χ2n) is 6.09. The molecule has 0 heteroatoms. The molecule has 0 aliphatic heterocycles. The summed E-state index contributed by atoms with van der Waals surface area (Å²) in [5.41, 5.74) is 1.14. The van der Waals surface area contributed by atoms with Crippen LogP contribution >= 0.6 is 0 Å². The SMILES string of the molecule is CC(C)C1(C(C)C)CCCC1(C)C. The third-order valence-corrected chi connectivity index (χ3v) is 4.71. The van der Waals surface area contributed by atoms with E-state index in [0.29, 0.717) is 10.8 Å². The summed E-state index contributed by atoms with van der Waals surface area (Å²) in [6.07, 6.45) is 4.29. The third-order valence-electron chi connectivity index (χ3n) is 4.71. The maximum Gasteiger partial charge on any atom is -0.0200 e. The molecular formula is C13H26. The largest absolute Gasteiger partial charge is 0.0622 e.